The van der Waals surface area contributed by atoms with Gasteiger partial charge in [0.1, 0.15) is 5.75 Å². The number of rotatable bonds is 4. The molecule has 0 aliphatic heterocycles. The lowest BCUT2D eigenvalue weighted by molar-refractivity contribution is 0.0954. The average Bonchev–Trinajstić information content (AvgIpc) is 2.90. The van der Waals surface area contributed by atoms with Crippen molar-refractivity contribution >= 4 is 12.1 Å². The van der Waals surface area contributed by atoms with Crippen LogP contribution in [0, 0.1) is 6.92 Å². The van der Waals surface area contributed by atoms with E-state index in [4.69, 9.17) is 0 Å². The van der Waals surface area contributed by atoms with Gasteiger partial charge >= 0.3 is 0 Å². The highest BCUT2D eigenvalue weighted by Gasteiger charge is 2.11. The van der Waals surface area contributed by atoms with E-state index in [1.807, 2.05) is 30.3 Å². The maximum atomic E-state index is 12.5. The Morgan fingerprint density at radius 3 is 2.68 bits per heavy atom. The number of phenols is 1. The number of amides is 1. The third-order valence-electron chi connectivity index (χ3n) is 3.60. The molecule has 0 spiro atoms. The van der Waals surface area contributed by atoms with Crippen LogP contribution in [0.3, 0.4) is 0 Å². The first-order chi connectivity index (χ1) is 12.1. The first-order valence-corrected chi connectivity index (χ1v) is 7.56. The third-order valence-corrected chi connectivity index (χ3v) is 3.60. The highest BCUT2D eigenvalue weighted by molar-refractivity contribution is 5.95. The van der Waals surface area contributed by atoms with Crippen LogP contribution in [-0.4, -0.2) is 27.0 Å². The van der Waals surface area contributed by atoms with Crippen LogP contribution < -0.4 is 11.0 Å². The monoisotopic (exact) mass is 336 g/mol. The van der Waals surface area contributed by atoms with Gasteiger partial charge < -0.3 is 5.11 Å². The Hall–Kier alpha value is -3.61. The van der Waals surface area contributed by atoms with Crippen LogP contribution in [-0.2, 0) is 0 Å². The van der Waals surface area contributed by atoms with Gasteiger partial charge in [-0.15, -0.1) is 0 Å². The van der Waals surface area contributed by atoms with E-state index in [0.717, 1.165) is 0 Å². The van der Waals surface area contributed by atoms with Crippen molar-refractivity contribution in [2.24, 2.45) is 5.10 Å². The summed E-state index contributed by atoms with van der Waals surface area (Å²) in [6.45, 7) is 1.75. The molecule has 1 heterocycles. The number of carbonyl (C=O) groups excluding carboxylic acids is 1. The van der Waals surface area contributed by atoms with Crippen molar-refractivity contribution in [1.29, 1.82) is 0 Å². The summed E-state index contributed by atoms with van der Waals surface area (Å²) in [5.41, 5.74) is 4.02. The van der Waals surface area contributed by atoms with Crippen molar-refractivity contribution < 1.29 is 9.90 Å². The van der Waals surface area contributed by atoms with Gasteiger partial charge in [-0.05, 0) is 37.3 Å². The molecule has 0 unspecified atom stereocenters. The van der Waals surface area contributed by atoms with Crippen LogP contribution in [0.25, 0.3) is 5.69 Å². The van der Waals surface area contributed by atoms with Crippen molar-refractivity contribution in [2.45, 2.75) is 6.92 Å². The van der Waals surface area contributed by atoms with Crippen molar-refractivity contribution in [3.05, 3.63) is 81.8 Å². The molecule has 0 atom stereocenters. The summed E-state index contributed by atoms with van der Waals surface area (Å²) in [5, 5.41) is 16.2. The lowest BCUT2D eigenvalue weighted by atomic mass is 10.2. The van der Waals surface area contributed by atoms with Crippen LogP contribution in [0.1, 0.15) is 21.6 Å². The van der Waals surface area contributed by atoms with E-state index in [2.05, 4.69) is 15.6 Å². The number of aromatic hydroxyl groups is 1. The molecule has 2 aromatic carbocycles. The number of benzene rings is 2. The first kappa shape index (κ1) is 16.3. The number of nitrogens with one attached hydrogen (secondary N) is 2. The highest BCUT2D eigenvalue weighted by atomic mass is 16.3. The van der Waals surface area contributed by atoms with Gasteiger partial charge in [0.05, 0.1) is 17.5 Å². The fraction of sp³-hybridized carbons (Fsp3) is 0.0556. The quantitative estimate of drug-likeness (QED) is 0.501. The molecule has 0 saturated carbocycles. The van der Waals surface area contributed by atoms with Crippen molar-refractivity contribution in [3.63, 3.8) is 0 Å². The molecule has 1 aromatic heterocycles. The summed E-state index contributed by atoms with van der Waals surface area (Å²) in [5.74, 6) is -0.493. The van der Waals surface area contributed by atoms with Crippen molar-refractivity contribution in [2.75, 3.05) is 0 Å². The van der Waals surface area contributed by atoms with Gasteiger partial charge in [-0.3, -0.25) is 14.7 Å². The molecular formula is C18H16N4O3. The van der Waals surface area contributed by atoms with E-state index in [1.54, 1.807) is 19.1 Å². The number of nitrogens with zero attached hydrogens (tertiary/aromatic N) is 2. The fourth-order valence-electron chi connectivity index (χ4n) is 2.34. The Kier molecular flexibility index (Phi) is 4.47. The normalized spacial score (nSPS) is 10.9. The maximum Gasteiger partial charge on any atom is 0.280 e. The predicted octanol–water partition coefficient (Wildman–Crippen LogP) is 1.94. The van der Waals surface area contributed by atoms with Gasteiger partial charge in [-0.1, -0.05) is 24.3 Å². The summed E-state index contributed by atoms with van der Waals surface area (Å²) in [4.78, 5) is 24.4. The molecule has 0 aliphatic rings. The average molecular weight is 336 g/mol. The van der Waals surface area contributed by atoms with E-state index < -0.39 is 5.91 Å². The second kappa shape index (κ2) is 6.88. The number of hydrogen-bond acceptors (Lipinski definition) is 4. The number of aromatic amines is 1. The molecule has 126 valence electrons. The molecule has 0 saturated heterocycles. The van der Waals surface area contributed by atoms with E-state index in [-0.39, 0.29) is 16.9 Å². The van der Waals surface area contributed by atoms with Gasteiger partial charge in [0.2, 0.25) is 0 Å². The zero-order valence-electron chi connectivity index (χ0n) is 13.4. The van der Waals surface area contributed by atoms with Gasteiger partial charge in [0.15, 0.2) is 0 Å². The first-order valence-electron chi connectivity index (χ1n) is 7.56. The van der Waals surface area contributed by atoms with Gasteiger partial charge in [0.25, 0.3) is 11.5 Å². The van der Waals surface area contributed by atoms with Crippen LogP contribution in [0.2, 0.25) is 0 Å². The Morgan fingerprint density at radius 1 is 1.20 bits per heavy atom. The smallest absolute Gasteiger partial charge is 0.280 e. The second-order valence-electron chi connectivity index (χ2n) is 5.38. The number of phenolic OH excluding ortho intramolecular Hbond substituents is 1. The topological polar surface area (TPSA) is 99.5 Å². The number of hydrogen-bond donors (Lipinski definition) is 3. The Bertz CT molecular complexity index is 987. The number of para-hydroxylation sites is 1. The summed E-state index contributed by atoms with van der Waals surface area (Å²) >= 11 is 0. The predicted molar refractivity (Wildman–Crippen MR) is 94.3 cm³/mol. The minimum absolute atomic E-state index is 0.0103. The van der Waals surface area contributed by atoms with E-state index in [0.29, 0.717) is 16.9 Å². The standard InChI is InChI=1S/C18H16N4O3/c1-12-16(18(25)22(21-12)14-7-3-2-4-8-14)11-19-20-17(24)13-6-5-9-15(23)10-13/h2-11,21,23H,1H3,(H,20,24)/b19-11-. The van der Waals surface area contributed by atoms with Gasteiger partial charge in [-0.25, -0.2) is 10.1 Å². The van der Waals surface area contributed by atoms with E-state index in [9.17, 15) is 14.7 Å². The summed E-state index contributed by atoms with van der Waals surface area (Å²) in [6, 6.07) is 15.1. The zero-order chi connectivity index (χ0) is 17.8. The minimum Gasteiger partial charge on any atom is -0.508 e. The Morgan fingerprint density at radius 2 is 1.96 bits per heavy atom. The largest absolute Gasteiger partial charge is 0.508 e. The summed E-state index contributed by atoms with van der Waals surface area (Å²) < 4.78 is 1.41. The van der Waals surface area contributed by atoms with Crippen molar-refractivity contribution in [1.82, 2.24) is 15.2 Å². The zero-order valence-corrected chi connectivity index (χ0v) is 13.4. The number of aryl methyl sites for hydroxylation is 1. The molecular weight excluding hydrogens is 320 g/mol. The van der Waals surface area contributed by atoms with Gasteiger partial charge in [0, 0.05) is 11.3 Å². The molecule has 3 rings (SSSR count). The molecule has 0 bridgehead atoms. The summed E-state index contributed by atoms with van der Waals surface area (Å²) in [6.07, 6.45) is 1.30. The number of hydrazone groups is 1. The Labute approximate surface area is 143 Å². The molecule has 0 aliphatic carbocycles. The number of H-pyrrole nitrogens is 1. The minimum atomic E-state index is -0.483. The number of carbonyl (C=O) groups is 1. The van der Waals surface area contributed by atoms with Crippen LogP contribution in [0.5, 0.6) is 5.75 Å². The fourth-order valence-corrected chi connectivity index (χ4v) is 2.34. The molecule has 7 heteroatoms. The van der Waals surface area contributed by atoms with Crippen LogP contribution in [0.15, 0.2) is 64.5 Å². The number of aromatic nitrogens is 2. The maximum absolute atomic E-state index is 12.5. The lowest BCUT2D eigenvalue weighted by Crippen LogP contribution is -2.20. The molecule has 0 fully saturated rings. The molecule has 1 amide bonds. The Balaban J connectivity index is 1.79. The van der Waals surface area contributed by atoms with E-state index in [1.165, 1.54) is 23.0 Å². The lowest BCUT2D eigenvalue weighted by Gasteiger charge is -2.00. The molecule has 0 radical (unpaired) electrons. The summed E-state index contributed by atoms with van der Waals surface area (Å²) in [7, 11) is 0. The second-order valence-corrected chi connectivity index (χ2v) is 5.38. The SMILES string of the molecule is Cc1[nH]n(-c2ccccc2)c(=O)c1/C=N\NC(=O)c1cccc(O)c1. The van der Waals surface area contributed by atoms with Crippen LogP contribution >= 0.6 is 0 Å². The molecule has 25 heavy (non-hydrogen) atoms. The van der Waals surface area contributed by atoms with Crippen LogP contribution in [0.4, 0.5) is 0 Å². The van der Waals surface area contributed by atoms with Crippen molar-refractivity contribution in [3.8, 4) is 11.4 Å². The molecule has 7 nitrogen and oxygen atoms in total. The molecule has 3 N–H and O–H groups in total. The third kappa shape index (κ3) is 3.50. The molecule has 3 aromatic rings. The highest BCUT2D eigenvalue weighted by Crippen LogP contribution is 2.10. The van der Waals surface area contributed by atoms with E-state index >= 15 is 0 Å². The van der Waals surface area contributed by atoms with Gasteiger partial charge in [-0.2, -0.15) is 5.10 Å².